The molecule has 0 aliphatic carbocycles. The van der Waals surface area contributed by atoms with Crippen molar-refractivity contribution in [2.75, 3.05) is 44.7 Å². The predicted molar refractivity (Wildman–Crippen MR) is 97.1 cm³/mol. The minimum Gasteiger partial charge on any atom is -0.367 e. The molecular formula is C17H26N4O3S. The summed E-state index contributed by atoms with van der Waals surface area (Å²) in [6.45, 7) is 3.41. The number of benzene rings is 1. The highest BCUT2D eigenvalue weighted by Gasteiger charge is 2.29. The van der Waals surface area contributed by atoms with Gasteiger partial charge in [-0.05, 0) is 38.6 Å². The highest BCUT2D eigenvalue weighted by Crippen LogP contribution is 2.26. The Labute approximate surface area is 149 Å². The first-order valence-corrected chi connectivity index (χ1v) is 10.3. The maximum atomic E-state index is 12.6. The summed E-state index contributed by atoms with van der Waals surface area (Å²) in [5, 5.41) is 3.30. The number of rotatable bonds is 4. The van der Waals surface area contributed by atoms with Crippen LogP contribution >= 0.6 is 0 Å². The fraction of sp³-hybridized carbons (Fsp3) is 0.588. The van der Waals surface area contributed by atoms with E-state index in [0.29, 0.717) is 31.9 Å². The Morgan fingerprint density at radius 3 is 2.52 bits per heavy atom. The number of sulfonamides is 1. The molecule has 0 bridgehead atoms. The predicted octanol–water partition coefficient (Wildman–Crippen LogP) is 0.385. The van der Waals surface area contributed by atoms with E-state index in [4.69, 9.17) is 0 Å². The van der Waals surface area contributed by atoms with E-state index in [2.05, 4.69) is 10.0 Å². The molecule has 3 rings (SSSR count). The van der Waals surface area contributed by atoms with E-state index in [9.17, 15) is 13.2 Å². The van der Waals surface area contributed by atoms with Crippen LogP contribution in [-0.4, -0.2) is 65.0 Å². The van der Waals surface area contributed by atoms with Crippen LogP contribution in [0.2, 0.25) is 0 Å². The highest BCUT2D eigenvalue weighted by molar-refractivity contribution is 7.89. The number of piperidine rings is 1. The van der Waals surface area contributed by atoms with Crippen LogP contribution in [0.15, 0.2) is 29.2 Å². The van der Waals surface area contributed by atoms with Crippen molar-refractivity contribution < 1.29 is 13.2 Å². The summed E-state index contributed by atoms with van der Waals surface area (Å²) in [5.74, 6) is 0.176. The number of hydrogen-bond acceptors (Lipinski definition) is 5. The van der Waals surface area contributed by atoms with E-state index < -0.39 is 10.0 Å². The maximum absolute atomic E-state index is 12.6. The smallest absolute Gasteiger partial charge is 0.242 e. The zero-order valence-electron chi connectivity index (χ0n) is 14.6. The summed E-state index contributed by atoms with van der Waals surface area (Å²) in [6, 6.07) is 6.95. The Morgan fingerprint density at radius 1 is 1.16 bits per heavy atom. The molecule has 2 fully saturated rings. The number of para-hydroxylation sites is 1. The molecule has 138 valence electrons. The lowest BCUT2D eigenvalue weighted by atomic mass is 10.0. The van der Waals surface area contributed by atoms with Gasteiger partial charge in [0.1, 0.15) is 4.90 Å². The zero-order chi connectivity index (χ0) is 17.9. The molecule has 1 aromatic carbocycles. The van der Waals surface area contributed by atoms with Crippen LogP contribution in [0.1, 0.15) is 19.3 Å². The van der Waals surface area contributed by atoms with Crippen molar-refractivity contribution in [3.8, 4) is 0 Å². The van der Waals surface area contributed by atoms with Gasteiger partial charge in [-0.1, -0.05) is 18.6 Å². The van der Waals surface area contributed by atoms with Gasteiger partial charge in [-0.2, -0.15) is 0 Å². The first kappa shape index (κ1) is 18.2. The van der Waals surface area contributed by atoms with E-state index in [1.54, 1.807) is 12.1 Å². The van der Waals surface area contributed by atoms with Gasteiger partial charge in [0.2, 0.25) is 15.9 Å². The van der Waals surface area contributed by atoms with Crippen LogP contribution in [-0.2, 0) is 14.8 Å². The van der Waals surface area contributed by atoms with Crippen molar-refractivity contribution in [2.24, 2.45) is 0 Å². The molecule has 0 aromatic heterocycles. The third-order valence-corrected chi connectivity index (χ3v) is 6.43. The lowest BCUT2D eigenvalue weighted by Gasteiger charge is -2.38. The number of amides is 1. The summed E-state index contributed by atoms with van der Waals surface area (Å²) < 4.78 is 26.8. The van der Waals surface area contributed by atoms with Gasteiger partial charge in [-0.25, -0.2) is 13.1 Å². The molecule has 8 heteroatoms. The Kier molecular flexibility index (Phi) is 5.61. The van der Waals surface area contributed by atoms with E-state index in [0.717, 1.165) is 25.8 Å². The Balaban J connectivity index is 1.68. The first-order valence-electron chi connectivity index (χ1n) is 8.82. The van der Waals surface area contributed by atoms with Crippen LogP contribution in [0.25, 0.3) is 0 Å². The van der Waals surface area contributed by atoms with Crippen molar-refractivity contribution in [1.82, 2.24) is 14.9 Å². The molecule has 0 saturated carbocycles. The van der Waals surface area contributed by atoms with Crippen molar-refractivity contribution in [3.63, 3.8) is 0 Å². The number of piperazine rings is 1. The number of carbonyl (C=O) groups excluding carboxylic acids is 1. The van der Waals surface area contributed by atoms with Crippen molar-refractivity contribution >= 4 is 21.6 Å². The van der Waals surface area contributed by atoms with E-state index in [-0.39, 0.29) is 16.8 Å². The average Bonchev–Trinajstić information content (AvgIpc) is 2.68. The second kappa shape index (κ2) is 7.72. The molecule has 2 aliphatic rings. The monoisotopic (exact) mass is 366 g/mol. The van der Waals surface area contributed by atoms with Crippen LogP contribution in [0.5, 0.6) is 0 Å². The minimum atomic E-state index is -3.51. The van der Waals surface area contributed by atoms with Gasteiger partial charge in [0.05, 0.1) is 11.7 Å². The van der Waals surface area contributed by atoms with Crippen molar-refractivity contribution in [1.29, 1.82) is 0 Å². The summed E-state index contributed by atoms with van der Waals surface area (Å²) >= 11 is 0. The second-order valence-electron chi connectivity index (χ2n) is 6.49. The van der Waals surface area contributed by atoms with Crippen molar-refractivity contribution in [2.45, 2.75) is 30.2 Å². The maximum Gasteiger partial charge on any atom is 0.242 e. The molecule has 7 nitrogen and oxygen atoms in total. The van der Waals surface area contributed by atoms with Gasteiger partial charge < -0.3 is 15.1 Å². The average molecular weight is 366 g/mol. The number of nitrogens with zero attached hydrogens (tertiary/aromatic N) is 2. The number of carbonyl (C=O) groups is 1. The van der Waals surface area contributed by atoms with Crippen LogP contribution in [0, 0.1) is 0 Å². The standard InChI is InChI=1S/C17H26N4O3S/c1-18-25(23,24)16-8-3-2-7-15(16)20-10-12-21(13-11-20)17(22)14-6-4-5-9-19-14/h2-3,7-8,14,18-19H,4-6,9-13H2,1H3. The molecule has 0 spiro atoms. The topological polar surface area (TPSA) is 81.8 Å². The lowest BCUT2D eigenvalue weighted by molar-refractivity contribution is -0.134. The van der Waals surface area contributed by atoms with Gasteiger partial charge in [-0.3, -0.25) is 4.79 Å². The third kappa shape index (κ3) is 3.96. The summed E-state index contributed by atoms with van der Waals surface area (Å²) in [5.41, 5.74) is 0.694. The molecule has 0 radical (unpaired) electrons. The third-order valence-electron chi connectivity index (χ3n) is 4.96. The van der Waals surface area contributed by atoms with Crippen LogP contribution in [0.4, 0.5) is 5.69 Å². The highest BCUT2D eigenvalue weighted by atomic mass is 32.2. The molecule has 25 heavy (non-hydrogen) atoms. The molecular weight excluding hydrogens is 340 g/mol. The van der Waals surface area contributed by atoms with Gasteiger partial charge >= 0.3 is 0 Å². The second-order valence-corrected chi connectivity index (χ2v) is 8.35. The summed E-state index contributed by atoms with van der Waals surface area (Å²) in [6.07, 6.45) is 3.13. The van der Waals surface area contributed by atoms with E-state index in [1.807, 2.05) is 21.9 Å². The SMILES string of the molecule is CNS(=O)(=O)c1ccccc1N1CCN(C(=O)C2CCCCN2)CC1. The Bertz CT molecular complexity index is 708. The first-order chi connectivity index (χ1) is 12.0. The fourth-order valence-electron chi connectivity index (χ4n) is 3.51. The fourth-order valence-corrected chi connectivity index (χ4v) is 4.46. The number of nitrogens with one attached hydrogen (secondary N) is 2. The van der Waals surface area contributed by atoms with Crippen molar-refractivity contribution in [3.05, 3.63) is 24.3 Å². The van der Waals surface area contributed by atoms with E-state index in [1.165, 1.54) is 7.05 Å². The molecule has 2 saturated heterocycles. The molecule has 2 N–H and O–H groups in total. The van der Waals surface area contributed by atoms with Crippen LogP contribution in [0.3, 0.4) is 0 Å². The number of anilines is 1. The summed E-state index contributed by atoms with van der Waals surface area (Å²) in [7, 11) is -2.09. The minimum absolute atomic E-state index is 0.0581. The molecule has 1 aromatic rings. The molecule has 2 heterocycles. The Morgan fingerprint density at radius 2 is 1.88 bits per heavy atom. The van der Waals surface area contributed by atoms with Gasteiger partial charge in [-0.15, -0.1) is 0 Å². The number of hydrogen-bond donors (Lipinski definition) is 2. The van der Waals surface area contributed by atoms with Gasteiger partial charge in [0.15, 0.2) is 0 Å². The molecule has 1 amide bonds. The van der Waals surface area contributed by atoms with Crippen LogP contribution < -0.4 is 14.9 Å². The van der Waals surface area contributed by atoms with Gasteiger partial charge in [0.25, 0.3) is 0 Å². The zero-order valence-corrected chi connectivity index (χ0v) is 15.4. The van der Waals surface area contributed by atoms with E-state index >= 15 is 0 Å². The van der Waals surface area contributed by atoms with Gasteiger partial charge in [0, 0.05) is 26.2 Å². The largest absolute Gasteiger partial charge is 0.367 e. The lowest BCUT2D eigenvalue weighted by Crippen LogP contribution is -2.55. The Hall–Kier alpha value is -1.64. The normalized spacial score (nSPS) is 22.0. The quantitative estimate of drug-likeness (QED) is 0.805. The molecule has 1 atom stereocenters. The summed E-state index contributed by atoms with van der Waals surface area (Å²) in [4.78, 5) is 16.8. The molecule has 1 unspecified atom stereocenters. The molecule has 2 aliphatic heterocycles.